The highest BCUT2D eigenvalue weighted by Gasteiger charge is 2.12. The number of hydrogen-bond donors (Lipinski definition) is 1. The van der Waals surface area contributed by atoms with Gasteiger partial charge in [-0.05, 0) is 19.2 Å². The van der Waals surface area contributed by atoms with E-state index in [0.717, 1.165) is 42.4 Å². The molecule has 0 saturated carbocycles. The molecule has 2 aromatic heterocycles. The van der Waals surface area contributed by atoms with Gasteiger partial charge in [-0.15, -0.1) is 11.3 Å². The number of anilines is 1. The summed E-state index contributed by atoms with van der Waals surface area (Å²) in [6.07, 6.45) is 3.75. The molecule has 8 heteroatoms. The van der Waals surface area contributed by atoms with E-state index in [2.05, 4.69) is 34.1 Å². The normalized spacial score (nSPS) is 11.1. The number of nitrogens with zero attached hydrogens (tertiary/aromatic N) is 4. The van der Waals surface area contributed by atoms with Crippen LogP contribution in [0.25, 0.3) is 10.6 Å². The average molecular weight is 418 g/mol. The molecule has 0 unspecified atom stereocenters. The predicted octanol–water partition coefficient (Wildman–Crippen LogP) is 4.18. The highest BCUT2D eigenvalue weighted by molar-refractivity contribution is 7.13. The van der Waals surface area contributed by atoms with Crippen molar-refractivity contribution in [3.8, 4) is 10.6 Å². The van der Waals surface area contributed by atoms with Crippen molar-refractivity contribution in [2.75, 3.05) is 25.0 Å². The minimum Gasteiger partial charge on any atom is -0.323 e. The third-order valence-electron chi connectivity index (χ3n) is 4.45. The fourth-order valence-corrected chi connectivity index (χ4v) is 3.99. The Morgan fingerprint density at radius 3 is 2.82 bits per heavy atom. The summed E-state index contributed by atoms with van der Waals surface area (Å²) in [4.78, 5) is 19.2. The van der Waals surface area contributed by atoms with Crippen LogP contribution in [0.3, 0.4) is 0 Å². The molecule has 0 aliphatic rings. The van der Waals surface area contributed by atoms with Gasteiger partial charge < -0.3 is 10.2 Å². The number of aromatic nitrogens is 3. The molecular weight excluding hydrogens is 394 g/mol. The molecule has 0 atom stereocenters. The van der Waals surface area contributed by atoms with Gasteiger partial charge >= 0.3 is 0 Å². The summed E-state index contributed by atoms with van der Waals surface area (Å²) in [6, 6.07) is 7.57. The number of rotatable bonds is 9. The van der Waals surface area contributed by atoms with Crippen LogP contribution in [-0.2, 0) is 17.8 Å². The molecular formula is C20H24ClN5OS. The maximum absolute atomic E-state index is 12.3. The van der Waals surface area contributed by atoms with Gasteiger partial charge in [0.05, 0.1) is 35.6 Å². The van der Waals surface area contributed by atoms with E-state index in [-0.39, 0.29) is 12.3 Å². The van der Waals surface area contributed by atoms with E-state index < -0.39 is 0 Å². The van der Waals surface area contributed by atoms with Gasteiger partial charge in [0.1, 0.15) is 5.01 Å². The summed E-state index contributed by atoms with van der Waals surface area (Å²) in [5.41, 5.74) is 2.31. The molecule has 0 bridgehead atoms. The van der Waals surface area contributed by atoms with Crippen molar-refractivity contribution in [2.45, 2.75) is 26.8 Å². The molecule has 148 valence electrons. The first-order chi connectivity index (χ1) is 13.6. The Hall–Kier alpha value is -2.22. The first-order valence-electron chi connectivity index (χ1n) is 9.33. The Morgan fingerprint density at radius 1 is 1.29 bits per heavy atom. The van der Waals surface area contributed by atoms with Gasteiger partial charge in [0.25, 0.3) is 0 Å². The first-order valence-corrected chi connectivity index (χ1v) is 10.6. The van der Waals surface area contributed by atoms with Gasteiger partial charge in [0.2, 0.25) is 5.91 Å². The maximum Gasteiger partial charge on any atom is 0.230 e. The second kappa shape index (κ2) is 9.82. The number of halogens is 1. The average Bonchev–Trinajstić information content (AvgIpc) is 3.32. The van der Waals surface area contributed by atoms with Crippen molar-refractivity contribution < 1.29 is 4.79 Å². The zero-order valence-electron chi connectivity index (χ0n) is 16.1. The fraction of sp³-hybridized carbons (Fsp3) is 0.350. The zero-order valence-corrected chi connectivity index (χ0v) is 17.6. The molecule has 0 aliphatic heterocycles. The molecule has 1 aromatic carbocycles. The number of nitrogens with one attached hydrogen (secondary N) is 1. The quantitative estimate of drug-likeness (QED) is 0.567. The molecule has 28 heavy (non-hydrogen) atoms. The van der Waals surface area contributed by atoms with Gasteiger partial charge in [-0.3, -0.25) is 9.48 Å². The Kier molecular flexibility index (Phi) is 7.19. The minimum atomic E-state index is -0.112. The summed E-state index contributed by atoms with van der Waals surface area (Å²) in [7, 11) is 0. The van der Waals surface area contributed by atoms with Crippen molar-refractivity contribution >= 4 is 34.5 Å². The summed E-state index contributed by atoms with van der Waals surface area (Å²) in [5.74, 6) is -0.112. The third-order valence-corrected chi connectivity index (χ3v) is 5.71. The number of hydrogen-bond acceptors (Lipinski definition) is 5. The van der Waals surface area contributed by atoms with E-state index in [1.54, 1.807) is 6.20 Å². The standard InChI is InChI=1S/C20H24ClN5OS/c1-3-25(4-2)9-10-26-13-16(12-22-26)23-19(27)11-15-14-28-20(24-15)17-7-5-6-8-18(17)21/h5-8,12-14H,3-4,9-11H2,1-2H3,(H,23,27). The van der Waals surface area contributed by atoms with Gasteiger partial charge in [0.15, 0.2) is 0 Å². The van der Waals surface area contributed by atoms with E-state index in [0.29, 0.717) is 10.7 Å². The van der Waals surface area contributed by atoms with E-state index >= 15 is 0 Å². The Bertz CT molecular complexity index is 919. The molecule has 3 rings (SSSR count). The van der Waals surface area contributed by atoms with E-state index in [4.69, 9.17) is 11.6 Å². The lowest BCUT2D eigenvalue weighted by Crippen LogP contribution is -2.27. The van der Waals surface area contributed by atoms with Crippen molar-refractivity contribution in [1.29, 1.82) is 0 Å². The van der Waals surface area contributed by atoms with Crippen molar-refractivity contribution in [1.82, 2.24) is 19.7 Å². The van der Waals surface area contributed by atoms with Gasteiger partial charge in [-0.2, -0.15) is 5.10 Å². The Balaban J connectivity index is 1.54. The third kappa shape index (κ3) is 5.41. The highest BCUT2D eigenvalue weighted by atomic mass is 35.5. The summed E-state index contributed by atoms with van der Waals surface area (Å²) in [6.45, 7) is 8.06. The number of amides is 1. The minimum absolute atomic E-state index is 0.112. The SMILES string of the molecule is CCN(CC)CCn1cc(NC(=O)Cc2csc(-c3ccccc3Cl)n2)cn1. The maximum atomic E-state index is 12.3. The Morgan fingerprint density at radius 2 is 2.07 bits per heavy atom. The topological polar surface area (TPSA) is 63.0 Å². The van der Waals surface area contributed by atoms with E-state index in [1.807, 2.05) is 40.5 Å². The molecule has 3 aromatic rings. The molecule has 2 heterocycles. The summed E-state index contributed by atoms with van der Waals surface area (Å²) < 4.78 is 1.85. The number of thiazole rings is 1. The molecule has 1 N–H and O–H groups in total. The highest BCUT2D eigenvalue weighted by Crippen LogP contribution is 2.30. The van der Waals surface area contributed by atoms with Crippen molar-refractivity contribution in [3.63, 3.8) is 0 Å². The first kappa shape index (κ1) is 20.5. The summed E-state index contributed by atoms with van der Waals surface area (Å²) in [5, 5.41) is 10.6. The van der Waals surface area contributed by atoms with Crippen LogP contribution in [0.2, 0.25) is 5.02 Å². The van der Waals surface area contributed by atoms with Crippen LogP contribution in [-0.4, -0.2) is 45.2 Å². The molecule has 0 fully saturated rings. The number of benzene rings is 1. The molecule has 0 aliphatic carbocycles. The van der Waals surface area contributed by atoms with Gasteiger partial charge in [-0.25, -0.2) is 4.98 Å². The van der Waals surface area contributed by atoms with Crippen LogP contribution >= 0.6 is 22.9 Å². The molecule has 0 radical (unpaired) electrons. The van der Waals surface area contributed by atoms with Crippen molar-refractivity contribution in [2.24, 2.45) is 0 Å². The number of carbonyl (C=O) groups excluding carboxylic acids is 1. The van der Waals surface area contributed by atoms with Gasteiger partial charge in [0, 0.05) is 23.7 Å². The fourth-order valence-electron chi connectivity index (χ4n) is 2.85. The lowest BCUT2D eigenvalue weighted by Gasteiger charge is -2.17. The van der Waals surface area contributed by atoms with E-state index in [1.165, 1.54) is 11.3 Å². The lowest BCUT2D eigenvalue weighted by atomic mass is 10.2. The van der Waals surface area contributed by atoms with Crippen LogP contribution in [0.1, 0.15) is 19.5 Å². The van der Waals surface area contributed by atoms with Crippen LogP contribution in [0.5, 0.6) is 0 Å². The monoisotopic (exact) mass is 417 g/mol. The number of likely N-dealkylation sites (N-methyl/N-ethyl adjacent to an activating group) is 1. The number of carbonyl (C=O) groups is 1. The molecule has 0 spiro atoms. The molecule has 1 amide bonds. The van der Waals surface area contributed by atoms with Crippen LogP contribution in [0.4, 0.5) is 5.69 Å². The van der Waals surface area contributed by atoms with Crippen molar-refractivity contribution in [3.05, 3.63) is 52.8 Å². The predicted molar refractivity (Wildman–Crippen MR) is 115 cm³/mol. The smallest absolute Gasteiger partial charge is 0.230 e. The molecule has 0 saturated heterocycles. The zero-order chi connectivity index (χ0) is 19.9. The van der Waals surface area contributed by atoms with Gasteiger partial charge in [-0.1, -0.05) is 43.6 Å². The lowest BCUT2D eigenvalue weighted by molar-refractivity contribution is -0.115. The summed E-state index contributed by atoms with van der Waals surface area (Å²) >= 11 is 7.71. The molecule has 6 nitrogen and oxygen atoms in total. The largest absolute Gasteiger partial charge is 0.323 e. The van der Waals surface area contributed by atoms with Crippen LogP contribution < -0.4 is 5.32 Å². The van der Waals surface area contributed by atoms with Crippen LogP contribution in [0.15, 0.2) is 42.0 Å². The second-order valence-electron chi connectivity index (χ2n) is 6.37. The Labute approximate surface area is 174 Å². The van der Waals surface area contributed by atoms with E-state index in [9.17, 15) is 4.79 Å². The second-order valence-corrected chi connectivity index (χ2v) is 7.63. The van der Waals surface area contributed by atoms with Crippen LogP contribution in [0, 0.1) is 0 Å².